The van der Waals surface area contributed by atoms with Crippen LogP contribution in [-0.4, -0.2) is 22.4 Å². The zero-order valence-electron chi connectivity index (χ0n) is 12.2. The lowest BCUT2D eigenvalue weighted by molar-refractivity contribution is 0.0784. The fourth-order valence-electron chi connectivity index (χ4n) is 2.14. The molecule has 0 saturated carbocycles. The van der Waals surface area contributed by atoms with Crippen LogP contribution in [0.2, 0.25) is 0 Å². The third-order valence-corrected chi connectivity index (χ3v) is 3.44. The predicted molar refractivity (Wildman–Crippen MR) is 81.8 cm³/mol. The monoisotopic (exact) mass is 285 g/mol. The van der Waals surface area contributed by atoms with Gasteiger partial charge in [0.15, 0.2) is 0 Å². The highest BCUT2D eigenvalue weighted by Gasteiger charge is 2.14. The first-order chi connectivity index (χ1) is 10.0. The molecule has 5 heteroatoms. The Hall–Kier alpha value is -2.40. The Morgan fingerprint density at radius 3 is 2.52 bits per heavy atom. The Morgan fingerprint density at radius 2 is 1.90 bits per heavy atom. The van der Waals surface area contributed by atoms with E-state index in [1.807, 2.05) is 24.3 Å². The molecule has 1 aromatic heterocycles. The summed E-state index contributed by atoms with van der Waals surface area (Å²) >= 11 is 0. The third-order valence-electron chi connectivity index (χ3n) is 3.44. The molecule has 0 radical (unpaired) electrons. The number of carbonyl (C=O) groups excluding carboxylic acids is 1. The van der Waals surface area contributed by atoms with Crippen LogP contribution in [0, 0.1) is 0 Å². The smallest absolute Gasteiger partial charge is 0.254 e. The van der Waals surface area contributed by atoms with Crippen molar-refractivity contribution in [1.82, 2.24) is 9.47 Å². The lowest BCUT2D eigenvalue weighted by atomic mass is 10.1. The van der Waals surface area contributed by atoms with Crippen molar-refractivity contribution in [2.75, 3.05) is 7.05 Å². The zero-order chi connectivity index (χ0) is 15.4. The third kappa shape index (κ3) is 3.38. The Bertz CT molecular complexity index is 707. The number of hydrogen-bond acceptors (Lipinski definition) is 3. The summed E-state index contributed by atoms with van der Waals surface area (Å²) in [5, 5.41) is 0. The second kappa shape index (κ2) is 6.37. The first-order valence-corrected chi connectivity index (χ1v) is 6.72. The van der Waals surface area contributed by atoms with Gasteiger partial charge in [0.25, 0.3) is 11.5 Å². The molecule has 0 unspecified atom stereocenters. The average molecular weight is 285 g/mol. The number of amides is 1. The van der Waals surface area contributed by atoms with Crippen molar-refractivity contribution in [1.29, 1.82) is 0 Å². The molecule has 2 N–H and O–H groups in total. The molecule has 21 heavy (non-hydrogen) atoms. The zero-order valence-corrected chi connectivity index (χ0v) is 12.2. The molecule has 5 nitrogen and oxygen atoms in total. The molecule has 1 amide bonds. The van der Waals surface area contributed by atoms with Crippen molar-refractivity contribution >= 4 is 5.91 Å². The van der Waals surface area contributed by atoms with Crippen LogP contribution in [-0.2, 0) is 20.1 Å². The number of rotatable bonds is 4. The van der Waals surface area contributed by atoms with Gasteiger partial charge < -0.3 is 15.2 Å². The molecule has 0 atom stereocenters. The minimum atomic E-state index is -0.198. The maximum absolute atomic E-state index is 12.4. The Morgan fingerprint density at radius 1 is 1.24 bits per heavy atom. The van der Waals surface area contributed by atoms with Crippen LogP contribution in [0.5, 0.6) is 0 Å². The summed E-state index contributed by atoms with van der Waals surface area (Å²) in [7, 11) is 3.37. The number of nitrogens with zero attached hydrogens (tertiary/aromatic N) is 2. The highest BCUT2D eigenvalue weighted by atomic mass is 16.2. The van der Waals surface area contributed by atoms with E-state index in [4.69, 9.17) is 5.73 Å². The van der Waals surface area contributed by atoms with E-state index < -0.39 is 0 Å². The summed E-state index contributed by atoms with van der Waals surface area (Å²) in [4.78, 5) is 25.5. The SMILES string of the molecule is CN(Cc1ccccc1CN)C(=O)c1ccn(C)c(=O)c1. The molecule has 0 aliphatic carbocycles. The van der Waals surface area contributed by atoms with Gasteiger partial charge in [0.2, 0.25) is 0 Å². The molecule has 2 aromatic rings. The molecule has 0 bridgehead atoms. The van der Waals surface area contributed by atoms with Gasteiger partial charge in [-0.3, -0.25) is 9.59 Å². The Kier molecular flexibility index (Phi) is 4.55. The molecule has 0 spiro atoms. The number of benzene rings is 1. The van der Waals surface area contributed by atoms with E-state index in [0.29, 0.717) is 18.7 Å². The first kappa shape index (κ1) is 15.0. The molecule has 110 valence electrons. The Balaban J connectivity index is 2.19. The van der Waals surface area contributed by atoms with E-state index in [2.05, 4.69) is 0 Å². The highest BCUT2D eigenvalue weighted by molar-refractivity contribution is 5.93. The van der Waals surface area contributed by atoms with Crippen LogP contribution in [0.25, 0.3) is 0 Å². The lowest BCUT2D eigenvalue weighted by Gasteiger charge is -2.19. The van der Waals surface area contributed by atoms with Gasteiger partial charge in [-0.25, -0.2) is 0 Å². The summed E-state index contributed by atoms with van der Waals surface area (Å²) in [5.74, 6) is -0.181. The van der Waals surface area contributed by atoms with Crippen molar-refractivity contribution in [2.24, 2.45) is 12.8 Å². The summed E-state index contributed by atoms with van der Waals surface area (Å²) < 4.78 is 1.43. The van der Waals surface area contributed by atoms with E-state index >= 15 is 0 Å². The molecule has 0 fully saturated rings. The van der Waals surface area contributed by atoms with Gasteiger partial charge in [-0.05, 0) is 17.2 Å². The van der Waals surface area contributed by atoms with Gasteiger partial charge in [-0.2, -0.15) is 0 Å². The number of pyridine rings is 1. The number of nitrogens with two attached hydrogens (primary N) is 1. The van der Waals surface area contributed by atoms with E-state index in [1.165, 1.54) is 10.6 Å². The predicted octanol–water partition coefficient (Wildman–Crippen LogP) is 1.12. The van der Waals surface area contributed by atoms with Crippen molar-refractivity contribution in [2.45, 2.75) is 13.1 Å². The molecule has 0 saturated heterocycles. The molecular formula is C16H19N3O2. The van der Waals surface area contributed by atoms with Gasteiger partial charge in [-0.15, -0.1) is 0 Å². The Labute approximate surface area is 123 Å². The molecule has 1 aromatic carbocycles. The normalized spacial score (nSPS) is 10.4. The largest absolute Gasteiger partial charge is 0.337 e. The lowest BCUT2D eigenvalue weighted by Crippen LogP contribution is -2.28. The van der Waals surface area contributed by atoms with E-state index in [-0.39, 0.29) is 11.5 Å². The van der Waals surface area contributed by atoms with Crippen LogP contribution in [0.15, 0.2) is 47.4 Å². The number of aryl methyl sites for hydroxylation is 1. The summed E-state index contributed by atoms with van der Waals surface area (Å²) in [6.07, 6.45) is 1.59. The maximum Gasteiger partial charge on any atom is 0.254 e. The van der Waals surface area contributed by atoms with Crippen LogP contribution >= 0.6 is 0 Å². The van der Waals surface area contributed by atoms with Crippen molar-refractivity contribution in [3.05, 3.63) is 69.6 Å². The quantitative estimate of drug-likeness (QED) is 0.915. The van der Waals surface area contributed by atoms with Gasteiger partial charge in [0, 0.05) is 45.0 Å². The second-order valence-corrected chi connectivity index (χ2v) is 5.00. The maximum atomic E-state index is 12.4. The molecule has 0 aliphatic rings. The fraction of sp³-hybridized carbons (Fsp3) is 0.250. The molecule has 0 aliphatic heterocycles. The van der Waals surface area contributed by atoms with E-state index in [9.17, 15) is 9.59 Å². The number of aromatic nitrogens is 1. The van der Waals surface area contributed by atoms with Crippen LogP contribution in [0.1, 0.15) is 21.5 Å². The fourth-order valence-corrected chi connectivity index (χ4v) is 2.14. The summed E-state index contributed by atoms with van der Waals surface area (Å²) in [6.45, 7) is 0.894. The van der Waals surface area contributed by atoms with Crippen LogP contribution in [0.3, 0.4) is 0 Å². The molecule has 2 rings (SSSR count). The van der Waals surface area contributed by atoms with Gasteiger partial charge in [-0.1, -0.05) is 24.3 Å². The van der Waals surface area contributed by atoms with E-state index in [1.54, 1.807) is 31.3 Å². The van der Waals surface area contributed by atoms with Crippen LogP contribution in [0.4, 0.5) is 0 Å². The number of carbonyl (C=O) groups is 1. The van der Waals surface area contributed by atoms with Gasteiger partial charge in [0.05, 0.1) is 0 Å². The van der Waals surface area contributed by atoms with Crippen molar-refractivity contribution < 1.29 is 4.79 Å². The van der Waals surface area contributed by atoms with Crippen LogP contribution < -0.4 is 11.3 Å². The van der Waals surface area contributed by atoms with Gasteiger partial charge in [0.1, 0.15) is 0 Å². The minimum Gasteiger partial charge on any atom is -0.337 e. The summed E-state index contributed by atoms with van der Waals surface area (Å²) in [6, 6.07) is 10.8. The summed E-state index contributed by atoms with van der Waals surface area (Å²) in [5.41, 5.74) is 7.93. The number of hydrogen-bond donors (Lipinski definition) is 1. The van der Waals surface area contributed by atoms with Crippen molar-refractivity contribution in [3.8, 4) is 0 Å². The minimum absolute atomic E-state index is 0.181. The van der Waals surface area contributed by atoms with E-state index in [0.717, 1.165) is 11.1 Å². The van der Waals surface area contributed by atoms with Gasteiger partial charge >= 0.3 is 0 Å². The average Bonchev–Trinajstić information content (AvgIpc) is 2.49. The standard InChI is InChI=1S/C16H19N3O2/c1-18-8-7-12(9-15(18)20)16(21)19(2)11-14-6-4-3-5-13(14)10-17/h3-9H,10-11,17H2,1-2H3. The van der Waals surface area contributed by atoms with Crippen molar-refractivity contribution in [3.63, 3.8) is 0 Å². The molecule has 1 heterocycles. The topological polar surface area (TPSA) is 68.3 Å². The second-order valence-electron chi connectivity index (χ2n) is 5.00. The highest BCUT2D eigenvalue weighted by Crippen LogP contribution is 2.12. The molecular weight excluding hydrogens is 266 g/mol. The first-order valence-electron chi connectivity index (χ1n) is 6.72.